The van der Waals surface area contributed by atoms with Gasteiger partial charge in [-0.2, -0.15) is 5.10 Å². The molecule has 0 saturated carbocycles. The van der Waals surface area contributed by atoms with E-state index >= 15 is 0 Å². The van der Waals surface area contributed by atoms with Gasteiger partial charge >= 0.3 is 0 Å². The van der Waals surface area contributed by atoms with E-state index < -0.39 is 0 Å². The summed E-state index contributed by atoms with van der Waals surface area (Å²) < 4.78 is 1.96. The number of benzene rings is 2. The van der Waals surface area contributed by atoms with Crippen LogP contribution in [-0.4, -0.2) is 18.7 Å². The van der Waals surface area contributed by atoms with Gasteiger partial charge in [-0.15, -0.1) is 0 Å². The Kier molecular flexibility index (Phi) is 6.15. The monoisotopic (exact) mass is 423 g/mol. The third-order valence-electron chi connectivity index (χ3n) is 2.94. The average molecular weight is 425 g/mol. The maximum atomic E-state index is 11.7. The minimum absolute atomic E-state index is 0.147. The van der Waals surface area contributed by atoms with Crippen molar-refractivity contribution >= 4 is 49.7 Å². The Balaban J connectivity index is 1.84. The Morgan fingerprint density at radius 3 is 2.45 bits per heavy atom. The van der Waals surface area contributed by atoms with Crippen LogP contribution in [0.3, 0.4) is 0 Å². The Hall–Kier alpha value is -1.66. The number of halogens is 2. The predicted octanol–water partition coefficient (Wildman–Crippen LogP) is 4.08. The van der Waals surface area contributed by atoms with Crippen LogP contribution in [0.1, 0.15) is 11.1 Å². The standard InChI is InChI=1S/C16H15Br2N3O/c1-11-14(17)7-13(8-15(11)18)19-10-16(22)21-20-9-12-5-3-2-4-6-12/h2-9,19H,10H2,1H3,(H,21,22)/b20-9+. The van der Waals surface area contributed by atoms with Crippen LogP contribution in [0, 0.1) is 6.92 Å². The lowest BCUT2D eigenvalue weighted by Crippen LogP contribution is -2.25. The zero-order valence-electron chi connectivity index (χ0n) is 11.9. The van der Waals surface area contributed by atoms with E-state index in [-0.39, 0.29) is 12.5 Å². The molecule has 0 aromatic heterocycles. The van der Waals surface area contributed by atoms with Crippen molar-refractivity contribution in [3.8, 4) is 0 Å². The van der Waals surface area contributed by atoms with Crippen molar-refractivity contribution in [3.63, 3.8) is 0 Å². The van der Waals surface area contributed by atoms with E-state index in [0.29, 0.717) is 0 Å². The highest BCUT2D eigenvalue weighted by Gasteiger charge is 2.04. The van der Waals surface area contributed by atoms with Crippen molar-refractivity contribution < 1.29 is 4.79 Å². The number of hydrogen-bond acceptors (Lipinski definition) is 3. The molecule has 0 spiro atoms. The fourth-order valence-corrected chi connectivity index (χ4v) is 2.87. The number of carbonyl (C=O) groups excluding carboxylic acids is 1. The number of anilines is 1. The zero-order valence-corrected chi connectivity index (χ0v) is 15.1. The van der Waals surface area contributed by atoms with E-state index in [2.05, 4.69) is 47.7 Å². The number of nitrogens with zero attached hydrogens (tertiary/aromatic N) is 1. The molecule has 4 nitrogen and oxygen atoms in total. The summed E-state index contributed by atoms with van der Waals surface area (Å²) in [5.74, 6) is -0.208. The summed E-state index contributed by atoms with van der Waals surface area (Å²) in [4.78, 5) is 11.7. The second kappa shape index (κ2) is 8.10. The van der Waals surface area contributed by atoms with Gasteiger partial charge in [0.2, 0.25) is 0 Å². The molecule has 0 atom stereocenters. The van der Waals surface area contributed by atoms with Crippen molar-refractivity contribution in [1.29, 1.82) is 0 Å². The van der Waals surface area contributed by atoms with Gasteiger partial charge in [0, 0.05) is 14.6 Å². The number of carbonyl (C=O) groups is 1. The molecule has 0 unspecified atom stereocenters. The quantitative estimate of drug-likeness (QED) is 0.561. The molecule has 0 aliphatic carbocycles. The number of nitrogens with one attached hydrogen (secondary N) is 2. The Morgan fingerprint density at radius 2 is 1.82 bits per heavy atom. The predicted molar refractivity (Wildman–Crippen MR) is 97.2 cm³/mol. The first-order chi connectivity index (χ1) is 10.6. The summed E-state index contributed by atoms with van der Waals surface area (Å²) in [7, 11) is 0. The maximum absolute atomic E-state index is 11.7. The Labute approximate surface area is 146 Å². The smallest absolute Gasteiger partial charge is 0.259 e. The molecule has 0 bridgehead atoms. The van der Waals surface area contributed by atoms with E-state index in [4.69, 9.17) is 0 Å². The van der Waals surface area contributed by atoms with Gasteiger partial charge in [0.15, 0.2) is 0 Å². The van der Waals surface area contributed by atoms with E-state index in [1.165, 1.54) is 0 Å². The van der Waals surface area contributed by atoms with Crippen LogP contribution < -0.4 is 10.7 Å². The summed E-state index contributed by atoms with van der Waals surface area (Å²) in [6.07, 6.45) is 1.61. The first kappa shape index (κ1) is 16.7. The molecule has 6 heteroatoms. The summed E-state index contributed by atoms with van der Waals surface area (Å²) in [6, 6.07) is 13.4. The van der Waals surface area contributed by atoms with E-state index in [1.54, 1.807) is 6.21 Å². The molecule has 114 valence electrons. The molecule has 2 rings (SSSR count). The van der Waals surface area contributed by atoms with E-state index in [0.717, 1.165) is 25.8 Å². The van der Waals surface area contributed by atoms with Crippen LogP contribution >= 0.6 is 31.9 Å². The molecule has 1 amide bonds. The summed E-state index contributed by atoms with van der Waals surface area (Å²) >= 11 is 6.96. The molecule has 2 aromatic carbocycles. The summed E-state index contributed by atoms with van der Waals surface area (Å²) in [6.45, 7) is 2.15. The van der Waals surface area contributed by atoms with Crippen LogP contribution in [0.2, 0.25) is 0 Å². The lowest BCUT2D eigenvalue weighted by molar-refractivity contribution is -0.119. The number of hydrogen-bond donors (Lipinski definition) is 2. The van der Waals surface area contributed by atoms with E-state index in [1.807, 2.05) is 49.4 Å². The highest BCUT2D eigenvalue weighted by molar-refractivity contribution is 9.11. The number of amides is 1. The van der Waals surface area contributed by atoms with Crippen LogP contribution in [0.15, 0.2) is 56.5 Å². The Morgan fingerprint density at radius 1 is 1.18 bits per heavy atom. The third kappa shape index (κ3) is 4.96. The average Bonchev–Trinajstić information content (AvgIpc) is 2.51. The molecule has 2 aromatic rings. The lowest BCUT2D eigenvalue weighted by atomic mass is 10.2. The molecule has 0 saturated heterocycles. The largest absolute Gasteiger partial charge is 0.376 e. The van der Waals surface area contributed by atoms with Gasteiger partial charge in [-0.25, -0.2) is 5.43 Å². The second-order valence-electron chi connectivity index (χ2n) is 4.62. The maximum Gasteiger partial charge on any atom is 0.259 e. The van der Waals surface area contributed by atoms with Crippen LogP contribution in [0.25, 0.3) is 0 Å². The minimum atomic E-state index is -0.208. The van der Waals surface area contributed by atoms with Gasteiger partial charge in [0.25, 0.3) is 5.91 Å². The summed E-state index contributed by atoms with van der Waals surface area (Å²) in [5.41, 5.74) is 5.39. The molecule has 22 heavy (non-hydrogen) atoms. The first-order valence-corrected chi connectivity index (χ1v) is 8.21. The SMILES string of the molecule is Cc1c(Br)cc(NCC(=O)N/N=C/c2ccccc2)cc1Br. The topological polar surface area (TPSA) is 53.5 Å². The normalized spacial score (nSPS) is 10.7. The fraction of sp³-hybridized carbons (Fsp3) is 0.125. The van der Waals surface area contributed by atoms with Crippen LogP contribution in [0.5, 0.6) is 0 Å². The van der Waals surface area contributed by atoms with Crippen molar-refractivity contribution in [2.45, 2.75) is 6.92 Å². The Bertz CT molecular complexity index is 664. The van der Waals surface area contributed by atoms with Gasteiger partial charge in [0.1, 0.15) is 0 Å². The highest BCUT2D eigenvalue weighted by Crippen LogP contribution is 2.28. The number of hydrazone groups is 1. The highest BCUT2D eigenvalue weighted by atomic mass is 79.9. The molecule has 0 heterocycles. The molecule has 0 fully saturated rings. The lowest BCUT2D eigenvalue weighted by Gasteiger charge is -2.09. The van der Waals surface area contributed by atoms with Crippen molar-refractivity contribution in [1.82, 2.24) is 5.43 Å². The molecular formula is C16H15Br2N3O. The molecular weight excluding hydrogens is 410 g/mol. The van der Waals surface area contributed by atoms with Crippen LogP contribution in [0.4, 0.5) is 5.69 Å². The minimum Gasteiger partial charge on any atom is -0.376 e. The molecule has 2 N–H and O–H groups in total. The third-order valence-corrected chi connectivity index (χ3v) is 4.58. The molecule has 0 radical (unpaired) electrons. The number of rotatable bonds is 5. The van der Waals surface area contributed by atoms with Crippen molar-refractivity contribution in [2.75, 3.05) is 11.9 Å². The second-order valence-corrected chi connectivity index (χ2v) is 6.33. The van der Waals surface area contributed by atoms with Gasteiger partial charge in [0.05, 0.1) is 12.8 Å². The van der Waals surface area contributed by atoms with Crippen molar-refractivity contribution in [2.24, 2.45) is 5.10 Å². The zero-order chi connectivity index (χ0) is 15.9. The molecule has 0 aliphatic rings. The van der Waals surface area contributed by atoms with Gasteiger partial charge in [-0.3, -0.25) is 4.79 Å². The first-order valence-electron chi connectivity index (χ1n) is 6.63. The van der Waals surface area contributed by atoms with E-state index in [9.17, 15) is 4.79 Å². The fourth-order valence-electron chi connectivity index (χ4n) is 1.69. The van der Waals surface area contributed by atoms with Gasteiger partial charge in [-0.05, 0) is 30.2 Å². The van der Waals surface area contributed by atoms with Gasteiger partial charge in [-0.1, -0.05) is 62.2 Å². The van der Waals surface area contributed by atoms with Crippen molar-refractivity contribution in [3.05, 3.63) is 62.5 Å². The summed E-state index contributed by atoms with van der Waals surface area (Å²) in [5, 5.41) is 6.98. The van der Waals surface area contributed by atoms with Crippen LogP contribution in [-0.2, 0) is 4.79 Å². The molecule has 0 aliphatic heterocycles. The van der Waals surface area contributed by atoms with Gasteiger partial charge < -0.3 is 5.32 Å².